The summed E-state index contributed by atoms with van der Waals surface area (Å²) in [5.74, 6) is 0.893. The number of halogens is 1. The average molecular weight is 403 g/mol. The molecule has 2 heterocycles. The van der Waals surface area contributed by atoms with E-state index in [0.29, 0.717) is 28.5 Å². The molecule has 0 unspecified atom stereocenters. The lowest BCUT2D eigenvalue weighted by molar-refractivity contribution is -0.116. The second-order valence-corrected chi connectivity index (χ2v) is 6.40. The maximum absolute atomic E-state index is 13.3. The molecule has 0 saturated carbocycles. The summed E-state index contributed by atoms with van der Waals surface area (Å²) in [5, 5.41) is 2.72. The molecule has 0 aliphatic rings. The highest BCUT2D eigenvalue weighted by Gasteiger charge is 2.15. The van der Waals surface area contributed by atoms with Crippen molar-refractivity contribution in [2.24, 2.45) is 0 Å². The number of amides is 1. The van der Waals surface area contributed by atoms with Crippen molar-refractivity contribution in [1.82, 2.24) is 9.97 Å². The van der Waals surface area contributed by atoms with E-state index in [2.05, 4.69) is 15.3 Å². The van der Waals surface area contributed by atoms with Crippen LogP contribution in [0.1, 0.15) is 6.42 Å². The Kier molecular flexibility index (Phi) is 5.80. The molecule has 1 amide bonds. The lowest BCUT2D eigenvalue weighted by Crippen LogP contribution is -2.16. The van der Waals surface area contributed by atoms with E-state index >= 15 is 0 Å². The third-order valence-corrected chi connectivity index (χ3v) is 4.25. The molecule has 1 N–H and O–H groups in total. The minimum Gasteiger partial charge on any atom is -0.493 e. The van der Waals surface area contributed by atoms with Crippen LogP contribution in [-0.2, 0) is 4.79 Å². The number of hydrogen-bond donors (Lipinski definition) is 1. The molecule has 0 aliphatic heterocycles. The largest absolute Gasteiger partial charge is 0.493 e. The molecular weight excluding hydrogens is 385 g/mol. The number of furan rings is 1. The highest BCUT2D eigenvalue weighted by Crippen LogP contribution is 2.30. The van der Waals surface area contributed by atoms with Crippen LogP contribution in [0, 0.1) is 5.82 Å². The molecule has 150 valence electrons. The molecule has 2 aromatic heterocycles. The number of para-hydroxylation sites is 1. The fourth-order valence-electron chi connectivity index (χ4n) is 2.84. The molecule has 7 heteroatoms. The van der Waals surface area contributed by atoms with Gasteiger partial charge >= 0.3 is 0 Å². The number of ether oxygens (including phenoxy) is 1. The number of aromatic nitrogens is 2. The van der Waals surface area contributed by atoms with E-state index in [1.165, 1.54) is 24.6 Å². The normalized spacial score (nSPS) is 10.6. The van der Waals surface area contributed by atoms with Crippen LogP contribution in [0.3, 0.4) is 0 Å². The summed E-state index contributed by atoms with van der Waals surface area (Å²) >= 11 is 0. The van der Waals surface area contributed by atoms with Crippen LogP contribution >= 0.6 is 0 Å². The first-order chi connectivity index (χ1) is 14.7. The van der Waals surface area contributed by atoms with Crippen LogP contribution in [0.15, 0.2) is 83.6 Å². The maximum Gasteiger partial charge on any atom is 0.228 e. The Morgan fingerprint density at radius 1 is 1.00 bits per heavy atom. The van der Waals surface area contributed by atoms with Crippen molar-refractivity contribution in [2.75, 3.05) is 11.9 Å². The monoisotopic (exact) mass is 403 g/mol. The highest BCUT2D eigenvalue weighted by molar-refractivity contribution is 5.90. The predicted molar refractivity (Wildman–Crippen MR) is 110 cm³/mol. The fraction of sp³-hybridized carbons (Fsp3) is 0.0870. The summed E-state index contributed by atoms with van der Waals surface area (Å²) in [6.45, 7) is 0.238. The molecule has 4 aromatic rings. The molecule has 0 atom stereocenters. The Balaban J connectivity index is 1.49. The predicted octanol–water partition coefficient (Wildman–Crippen LogP) is 4.95. The number of anilines is 1. The van der Waals surface area contributed by atoms with E-state index in [1.54, 1.807) is 24.3 Å². The first-order valence-electron chi connectivity index (χ1n) is 9.33. The molecule has 4 rings (SSSR count). The van der Waals surface area contributed by atoms with Crippen molar-refractivity contribution in [3.05, 3.63) is 85.0 Å². The number of rotatable bonds is 7. The molecule has 0 radical (unpaired) electrons. The minimum absolute atomic E-state index is 0.159. The number of carbonyl (C=O) groups excluding carboxylic acids is 1. The number of benzene rings is 2. The Morgan fingerprint density at radius 2 is 1.80 bits per heavy atom. The molecule has 0 saturated heterocycles. The third kappa shape index (κ3) is 4.70. The zero-order valence-electron chi connectivity index (χ0n) is 15.9. The van der Waals surface area contributed by atoms with Gasteiger partial charge in [-0.15, -0.1) is 0 Å². The van der Waals surface area contributed by atoms with Crippen molar-refractivity contribution >= 4 is 11.7 Å². The van der Waals surface area contributed by atoms with Gasteiger partial charge in [-0.05, 0) is 48.5 Å². The van der Waals surface area contributed by atoms with Gasteiger partial charge in [-0.25, -0.2) is 14.4 Å². The van der Waals surface area contributed by atoms with Gasteiger partial charge in [0.05, 0.1) is 31.2 Å². The maximum atomic E-state index is 13.3. The second-order valence-electron chi connectivity index (χ2n) is 6.40. The zero-order valence-corrected chi connectivity index (χ0v) is 15.9. The third-order valence-electron chi connectivity index (χ3n) is 4.25. The smallest absolute Gasteiger partial charge is 0.228 e. The molecule has 30 heavy (non-hydrogen) atoms. The van der Waals surface area contributed by atoms with E-state index in [1.807, 2.05) is 30.3 Å². The van der Waals surface area contributed by atoms with Crippen molar-refractivity contribution in [3.8, 4) is 28.5 Å². The van der Waals surface area contributed by atoms with Gasteiger partial charge in [-0.3, -0.25) is 4.79 Å². The number of carbonyl (C=O) groups is 1. The van der Waals surface area contributed by atoms with E-state index in [0.717, 1.165) is 0 Å². The van der Waals surface area contributed by atoms with Crippen molar-refractivity contribution in [2.45, 2.75) is 6.42 Å². The lowest BCUT2D eigenvalue weighted by atomic mass is 10.1. The Hall–Kier alpha value is -4.00. The Morgan fingerprint density at radius 3 is 2.53 bits per heavy atom. The van der Waals surface area contributed by atoms with Crippen LogP contribution < -0.4 is 10.1 Å². The molecule has 0 fully saturated rings. The van der Waals surface area contributed by atoms with Crippen molar-refractivity contribution in [3.63, 3.8) is 0 Å². The van der Waals surface area contributed by atoms with E-state index in [4.69, 9.17) is 9.15 Å². The summed E-state index contributed by atoms with van der Waals surface area (Å²) in [6.07, 6.45) is 3.14. The standard InChI is InChI=1S/C23H18FN3O3/c24-17-10-8-16(9-11-17)22-23(19-7-4-13-30-19)27-20(15-25-22)26-21(28)12-14-29-18-5-2-1-3-6-18/h1-11,13,15H,12,14H2,(H,26,27,28). The molecule has 0 spiro atoms. The van der Waals surface area contributed by atoms with Crippen LogP contribution in [0.2, 0.25) is 0 Å². The van der Waals surface area contributed by atoms with Crippen molar-refractivity contribution < 1.29 is 18.3 Å². The van der Waals surface area contributed by atoms with E-state index in [9.17, 15) is 9.18 Å². The fourth-order valence-corrected chi connectivity index (χ4v) is 2.84. The minimum atomic E-state index is -0.340. The number of hydrogen-bond acceptors (Lipinski definition) is 5. The summed E-state index contributed by atoms with van der Waals surface area (Å²) < 4.78 is 24.3. The Bertz CT molecular complexity index is 1110. The zero-order chi connectivity index (χ0) is 20.8. The number of nitrogens with one attached hydrogen (secondary N) is 1. The quantitative estimate of drug-likeness (QED) is 0.472. The summed E-state index contributed by atoms with van der Waals surface area (Å²) in [6, 6.07) is 18.7. The van der Waals surface area contributed by atoms with Gasteiger partial charge in [0.15, 0.2) is 11.6 Å². The van der Waals surface area contributed by atoms with Gasteiger partial charge in [-0.1, -0.05) is 18.2 Å². The number of nitrogens with zero attached hydrogens (tertiary/aromatic N) is 2. The molecule has 0 bridgehead atoms. The second kappa shape index (κ2) is 9.00. The summed E-state index contributed by atoms with van der Waals surface area (Å²) in [4.78, 5) is 21.2. The van der Waals surface area contributed by atoms with E-state index in [-0.39, 0.29) is 30.6 Å². The first-order valence-corrected chi connectivity index (χ1v) is 9.33. The van der Waals surface area contributed by atoms with Gasteiger partial charge in [0.1, 0.15) is 17.3 Å². The molecular formula is C23H18FN3O3. The highest BCUT2D eigenvalue weighted by atomic mass is 19.1. The van der Waals surface area contributed by atoms with Crippen LogP contribution in [-0.4, -0.2) is 22.5 Å². The van der Waals surface area contributed by atoms with Crippen LogP contribution in [0.4, 0.5) is 10.2 Å². The Labute approximate surface area is 172 Å². The SMILES string of the molecule is O=C(CCOc1ccccc1)Nc1cnc(-c2ccc(F)cc2)c(-c2ccco2)n1. The summed E-state index contributed by atoms with van der Waals surface area (Å²) in [7, 11) is 0. The van der Waals surface area contributed by atoms with Crippen molar-refractivity contribution in [1.29, 1.82) is 0 Å². The lowest BCUT2D eigenvalue weighted by Gasteiger charge is -2.10. The van der Waals surface area contributed by atoms with Gasteiger partial charge in [0.25, 0.3) is 0 Å². The molecule has 6 nitrogen and oxygen atoms in total. The van der Waals surface area contributed by atoms with Crippen LogP contribution in [0.5, 0.6) is 5.75 Å². The topological polar surface area (TPSA) is 77.2 Å². The van der Waals surface area contributed by atoms with Gasteiger partial charge in [-0.2, -0.15) is 0 Å². The van der Waals surface area contributed by atoms with E-state index < -0.39 is 0 Å². The molecule has 0 aliphatic carbocycles. The van der Waals surface area contributed by atoms with Crippen LogP contribution in [0.25, 0.3) is 22.7 Å². The summed E-state index contributed by atoms with van der Waals surface area (Å²) in [5.41, 5.74) is 1.66. The van der Waals surface area contributed by atoms with Gasteiger partial charge < -0.3 is 14.5 Å². The van der Waals surface area contributed by atoms with Gasteiger partial charge in [0.2, 0.25) is 5.91 Å². The molecule has 2 aromatic carbocycles. The first kappa shape index (κ1) is 19.3. The average Bonchev–Trinajstić information content (AvgIpc) is 3.30. The van der Waals surface area contributed by atoms with Gasteiger partial charge in [0, 0.05) is 5.56 Å².